The number of aromatic nitrogens is 2. The summed E-state index contributed by atoms with van der Waals surface area (Å²) >= 11 is 0.260. The third-order valence-corrected chi connectivity index (χ3v) is 4.40. The van der Waals surface area contributed by atoms with Crippen molar-refractivity contribution in [1.29, 1.82) is 0 Å². The van der Waals surface area contributed by atoms with Crippen molar-refractivity contribution in [2.75, 3.05) is 36.4 Å². The van der Waals surface area contributed by atoms with E-state index in [1.807, 2.05) is 62.1 Å². The van der Waals surface area contributed by atoms with E-state index >= 15 is 0 Å². The molecular weight excluding hydrogens is 378 g/mol. The Bertz CT molecular complexity index is 833. The SMILES string of the molecule is CC(C)(C)OC(=O)N1CCN(c2cc(Nc3ccccc3)nc([S+]=O)n2)CC1. The summed E-state index contributed by atoms with van der Waals surface area (Å²) in [6.07, 6.45) is -0.308. The van der Waals surface area contributed by atoms with Gasteiger partial charge < -0.3 is 19.9 Å². The van der Waals surface area contributed by atoms with Crippen LogP contribution in [0.4, 0.5) is 22.1 Å². The van der Waals surface area contributed by atoms with Gasteiger partial charge in [-0.25, -0.2) is 4.79 Å². The van der Waals surface area contributed by atoms with Crippen LogP contribution in [0.5, 0.6) is 0 Å². The summed E-state index contributed by atoms with van der Waals surface area (Å²) in [6, 6.07) is 11.4. The zero-order valence-corrected chi connectivity index (χ0v) is 17.0. The fourth-order valence-corrected chi connectivity index (χ4v) is 3.06. The maximum absolute atomic E-state index is 12.2. The number of carbonyl (C=O) groups excluding carboxylic acids is 1. The minimum Gasteiger partial charge on any atom is -0.444 e. The number of benzene rings is 1. The molecule has 0 radical (unpaired) electrons. The first kappa shape index (κ1) is 19.9. The lowest BCUT2D eigenvalue weighted by Gasteiger charge is -2.36. The topological polar surface area (TPSA) is 87.7 Å². The number of para-hydroxylation sites is 1. The Labute approximate surface area is 168 Å². The van der Waals surface area contributed by atoms with Crippen molar-refractivity contribution in [3.05, 3.63) is 36.4 Å². The fourth-order valence-electron chi connectivity index (χ4n) is 2.79. The second-order valence-corrected chi connectivity index (χ2v) is 7.95. The fraction of sp³-hybridized carbons (Fsp3) is 0.421. The molecule has 0 unspecified atom stereocenters. The summed E-state index contributed by atoms with van der Waals surface area (Å²) < 4.78 is 16.7. The molecule has 1 aromatic carbocycles. The van der Waals surface area contributed by atoms with Crippen LogP contribution in [-0.4, -0.2) is 52.7 Å². The van der Waals surface area contributed by atoms with E-state index in [-0.39, 0.29) is 22.9 Å². The molecular formula is C19H24N5O3S+. The van der Waals surface area contributed by atoms with Gasteiger partial charge in [0.1, 0.15) is 17.2 Å². The lowest BCUT2D eigenvalue weighted by molar-refractivity contribution is 0.0240. The number of amides is 1. The predicted octanol–water partition coefficient (Wildman–Crippen LogP) is 3.06. The van der Waals surface area contributed by atoms with Crippen molar-refractivity contribution in [2.45, 2.75) is 31.5 Å². The molecule has 0 bridgehead atoms. The van der Waals surface area contributed by atoms with Crippen molar-refractivity contribution in [1.82, 2.24) is 14.9 Å². The molecule has 0 aliphatic carbocycles. The lowest BCUT2D eigenvalue weighted by Crippen LogP contribution is -2.50. The normalized spacial score (nSPS) is 14.5. The molecule has 1 fully saturated rings. The zero-order valence-electron chi connectivity index (χ0n) is 16.2. The summed E-state index contributed by atoms with van der Waals surface area (Å²) in [5.41, 5.74) is 0.364. The van der Waals surface area contributed by atoms with Crippen LogP contribution in [0, 0.1) is 0 Å². The highest BCUT2D eigenvalue weighted by Crippen LogP contribution is 2.21. The Morgan fingerprint density at radius 3 is 2.39 bits per heavy atom. The second-order valence-electron chi connectivity index (χ2n) is 7.42. The molecule has 2 heterocycles. The summed E-state index contributed by atoms with van der Waals surface area (Å²) in [6.45, 7) is 7.82. The molecule has 0 saturated carbocycles. The first-order chi connectivity index (χ1) is 13.3. The van der Waals surface area contributed by atoms with Crippen molar-refractivity contribution in [3.63, 3.8) is 0 Å². The summed E-state index contributed by atoms with van der Waals surface area (Å²) in [5, 5.41) is 3.35. The standard InChI is InChI=1S/C19H24N5O3S/c1-19(2,3)27-18(25)24-11-9-23(10-12-24)16-13-15(21-17(22-16)28-26)20-14-7-5-4-6-8-14/h4-8,13H,9-12H2,1-3H3,(H,20,21,22)/q+1. The maximum atomic E-state index is 12.2. The minimum atomic E-state index is -0.515. The van der Waals surface area contributed by atoms with Crippen LogP contribution in [0.2, 0.25) is 0 Å². The number of piperazine rings is 1. The van der Waals surface area contributed by atoms with E-state index in [1.54, 1.807) is 4.90 Å². The summed E-state index contributed by atoms with van der Waals surface area (Å²) in [7, 11) is 0. The monoisotopic (exact) mass is 402 g/mol. The van der Waals surface area contributed by atoms with Crippen LogP contribution in [0.1, 0.15) is 20.8 Å². The van der Waals surface area contributed by atoms with Gasteiger partial charge in [0.05, 0.1) is 0 Å². The van der Waals surface area contributed by atoms with E-state index in [2.05, 4.69) is 15.3 Å². The van der Waals surface area contributed by atoms with Crippen LogP contribution in [0.15, 0.2) is 41.6 Å². The Morgan fingerprint density at radius 2 is 1.79 bits per heavy atom. The number of nitrogens with zero attached hydrogens (tertiary/aromatic N) is 4. The van der Waals surface area contributed by atoms with Gasteiger partial charge in [-0.05, 0) is 32.9 Å². The molecule has 8 nitrogen and oxygen atoms in total. The van der Waals surface area contributed by atoms with Crippen molar-refractivity contribution in [3.8, 4) is 0 Å². The Hall–Kier alpha value is -2.81. The zero-order chi connectivity index (χ0) is 20.1. The number of carbonyl (C=O) groups is 1. The highest BCUT2D eigenvalue weighted by atomic mass is 32.1. The van der Waals surface area contributed by atoms with Gasteiger partial charge in [-0.15, -0.1) is 0 Å². The number of ether oxygens (including phenoxy) is 1. The molecule has 1 aliphatic rings. The maximum Gasteiger partial charge on any atom is 0.550 e. The van der Waals surface area contributed by atoms with Crippen LogP contribution in [-0.2, 0) is 20.6 Å². The molecule has 28 heavy (non-hydrogen) atoms. The van der Waals surface area contributed by atoms with Crippen LogP contribution in [0.3, 0.4) is 0 Å². The van der Waals surface area contributed by atoms with Crippen LogP contribution in [0.25, 0.3) is 0 Å². The Morgan fingerprint density at radius 1 is 1.11 bits per heavy atom. The van der Waals surface area contributed by atoms with Crippen LogP contribution >= 0.6 is 0 Å². The van der Waals surface area contributed by atoms with Gasteiger partial charge in [0.2, 0.25) is 0 Å². The average molecular weight is 403 g/mol. The molecule has 1 aromatic heterocycles. The summed E-state index contributed by atoms with van der Waals surface area (Å²) in [4.78, 5) is 24.5. The number of hydrogen-bond donors (Lipinski definition) is 1. The highest BCUT2D eigenvalue weighted by molar-refractivity contribution is 7.65. The van der Waals surface area contributed by atoms with Gasteiger partial charge in [0.25, 0.3) is 0 Å². The van der Waals surface area contributed by atoms with Crippen LogP contribution < -0.4 is 10.2 Å². The van der Waals surface area contributed by atoms with E-state index in [0.717, 1.165) is 5.69 Å². The molecule has 1 amide bonds. The lowest BCUT2D eigenvalue weighted by atomic mass is 10.2. The molecule has 148 valence electrons. The van der Waals surface area contributed by atoms with Crippen molar-refractivity contribution < 1.29 is 13.7 Å². The Balaban J connectivity index is 1.69. The van der Waals surface area contributed by atoms with Gasteiger partial charge >= 0.3 is 22.9 Å². The number of anilines is 3. The average Bonchev–Trinajstić information content (AvgIpc) is 2.67. The quantitative estimate of drug-likeness (QED) is 0.621. The van der Waals surface area contributed by atoms with Gasteiger partial charge in [0.15, 0.2) is 0 Å². The predicted molar refractivity (Wildman–Crippen MR) is 108 cm³/mol. The third-order valence-electron chi connectivity index (χ3n) is 4.07. The molecule has 0 spiro atoms. The van der Waals surface area contributed by atoms with Gasteiger partial charge in [-0.3, -0.25) is 0 Å². The summed E-state index contributed by atoms with van der Waals surface area (Å²) in [5.74, 6) is 1.22. The van der Waals surface area contributed by atoms with Crippen molar-refractivity contribution >= 4 is 35.1 Å². The Kier molecular flexibility index (Phi) is 6.03. The van der Waals surface area contributed by atoms with E-state index in [1.165, 1.54) is 0 Å². The number of nitrogens with one attached hydrogen (secondary N) is 1. The molecule has 9 heteroatoms. The smallest absolute Gasteiger partial charge is 0.444 e. The molecule has 1 saturated heterocycles. The van der Waals surface area contributed by atoms with E-state index in [4.69, 9.17) is 4.74 Å². The minimum absolute atomic E-state index is 0.158. The molecule has 1 N–H and O–H groups in total. The van der Waals surface area contributed by atoms with Gasteiger partial charge in [0, 0.05) is 42.1 Å². The second kappa shape index (κ2) is 8.47. The first-order valence-electron chi connectivity index (χ1n) is 9.08. The van der Waals surface area contributed by atoms with E-state index in [9.17, 15) is 9.00 Å². The molecule has 1 aliphatic heterocycles. The van der Waals surface area contributed by atoms with E-state index in [0.29, 0.717) is 37.8 Å². The third kappa shape index (κ3) is 5.35. The van der Waals surface area contributed by atoms with E-state index < -0.39 is 5.60 Å². The molecule has 3 rings (SSSR count). The molecule has 2 aromatic rings. The number of rotatable bonds is 4. The highest BCUT2D eigenvalue weighted by Gasteiger charge is 2.27. The first-order valence-corrected chi connectivity index (χ1v) is 9.82. The number of hydrogen-bond acceptors (Lipinski definition) is 7. The van der Waals surface area contributed by atoms with Crippen molar-refractivity contribution in [2.24, 2.45) is 0 Å². The largest absolute Gasteiger partial charge is 0.550 e. The van der Waals surface area contributed by atoms with Gasteiger partial charge in [-0.2, -0.15) is 9.97 Å². The van der Waals surface area contributed by atoms with Gasteiger partial charge in [-0.1, -0.05) is 18.2 Å². The molecule has 0 atom stereocenters.